The molecule has 2 heterocycles. The number of ether oxygens (including phenoxy) is 2. The number of aromatic nitrogens is 2. The van der Waals surface area contributed by atoms with Crippen molar-refractivity contribution in [1.82, 2.24) is 9.97 Å². The number of hydrogen-bond donors (Lipinski definition) is 1. The van der Waals surface area contributed by atoms with E-state index in [9.17, 15) is 8.78 Å². The first-order valence-electron chi connectivity index (χ1n) is 7.62. The van der Waals surface area contributed by atoms with Gasteiger partial charge in [-0.05, 0) is 43.2 Å². The van der Waals surface area contributed by atoms with Gasteiger partial charge in [-0.2, -0.15) is 13.9 Å². The molecule has 0 saturated heterocycles. The van der Waals surface area contributed by atoms with Gasteiger partial charge >= 0.3 is 6.61 Å². The Hall–Kier alpha value is -2.81. The maximum atomic E-state index is 12.4. The van der Waals surface area contributed by atoms with Gasteiger partial charge in [0, 0.05) is 4.88 Å². The molecule has 0 aliphatic rings. The van der Waals surface area contributed by atoms with E-state index in [-0.39, 0.29) is 11.5 Å². The van der Waals surface area contributed by atoms with Crippen LogP contribution in [0.5, 0.6) is 11.5 Å². The molecular formula is C17H16F2N4O2S. The van der Waals surface area contributed by atoms with Crippen LogP contribution >= 0.6 is 11.3 Å². The van der Waals surface area contributed by atoms with Crippen molar-refractivity contribution in [2.75, 3.05) is 12.5 Å². The van der Waals surface area contributed by atoms with Crippen molar-refractivity contribution in [1.29, 1.82) is 0 Å². The molecule has 0 fully saturated rings. The Labute approximate surface area is 152 Å². The van der Waals surface area contributed by atoms with E-state index in [0.717, 1.165) is 15.8 Å². The third-order valence-corrected chi connectivity index (χ3v) is 4.87. The van der Waals surface area contributed by atoms with E-state index in [0.29, 0.717) is 11.4 Å². The molecule has 0 saturated carbocycles. The first-order chi connectivity index (χ1) is 12.5. The number of thiophene rings is 1. The topological polar surface area (TPSA) is 68.6 Å². The fraction of sp³-hybridized carbons (Fsp3) is 0.235. The lowest BCUT2D eigenvalue weighted by molar-refractivity contribution is -0.0512. The van der Waals surface area contributed by atoms with Gasteiger partial charge in [0.1, 0.15) is 11.2 Å². The minimum atomic E-state index is -2.91. The van der Waals surface area contributed by atoms with Crippen molar-refractivity contribution in [3.8, 4) is 11.5 Å². The van der Waals surface area contributed by atoms with E-state index in [4.69, 9.17) is 4.74 Å². The van der Waals surface area contributed by atoms with Crippen molar-refractivity contribution in [3.63, 3.8) is 0 Å². The van der Waals surface area contributed by atoms with Crippen LogP contribution in [0.4, 0.5) is 14.6 Å². The molecule has 0 bridgehead atoms. The molecule has 0 aliphatic heterocycles. The minimum absolute atomic E-state index is 0.0329. The maximum absolute atomic E-state index is 12.4. The number of halogens is 2. The van der Waals surface area contributed by atoms with Crippen LogP contribution in [0.25, 0.3) is 10.2 Å². The summed E-state index contributed by atoms with van der Waals surface area (Å²) in [5, 5.41) is 5.11. The Morgan fingerprint density at radius 1 is 1.23 bits per heavy atom. The molecule has 0 atom stereocenters. The highest BCUT2D eigenvalue weighted by Crippen LogP contribution is 2.32. The zero-order valence-electron chi connectivity index (χ0n) is 14.3. The second-order valence-corrected chi connectivity index (χ2v) is 6.55. The van der Waals surface area contributed by atoms with Gasteiger partial charge in [-0.25, -0.2) is 9.97 Å². The van der Waals surface area contributed by atoms with E-state index in [2.05, 4.69) is 25.2 Å². The molecular weight excluding hydrogens is 362 g/mol. The standard InChI is InChI=1S/C17H16F2N4O2S/c1-9-10(2)26-16-14(9)15(20-8-21-16)23-22-7-11-4-5-12(25-17(18)19)13(6-11)24-3/h4-8,17H,1-3H3,(H,20,21,23)/b22-7-. The lowest BCUT2D eigenvalue weighted by Gasteiger charge is -2.10. The highest BCUT2D eigenvalue weighted by molar-refractivity contribution is 7.18. The van der Waals surface area contributed by atoms with E-state index >= 15 is 0 Å². The van der Waals surface area contributed by atoms with Gasteiger partial charge < -0.3 is 9.47 Å². The molecule has 0 spiro atoms. The van der Waals surface area contributed by atoms with Crippen LogP contribution < -0.4 is 14.9 Å². The van der Waals surface area contributed by atoms with Gasteiger partial charge in [0.15, 0.2) is 17.3 Å². The Morgan fingerprint density at radius 2 is 2.04 bits per heavy atom. The van der Waals surface area contributed by atoms with Crippen LogP contribution in [0.3, 0.4) is 0 Å². The number of alkyl halides is 2. The quantitative estimate of drug-likeness (QED) is 0.510. The van der Waals surface area contributed by atoms with Crippen LogP contribution in [0.15, 0.2) is 29.6 Å². The van der Waals surface area contributed by atoms with E-state index < -0.39 is 6.61 Å². The summed E-state index contributed by atoms with van der Waals surface area (Å²) >= 11 is 1.60. The Morgan fingerprint density at radius 3 is 2.77 bits per heavy atom. The van der Waals surface area contributed by atoms with Gasteiger partial charge in [-0.1, -0.05) is 0 Å². The molecule has 9 heteroatoms. The molecule has 3 rings (SSSR count). The van der Waals surface area contributed by atoms with Crippen LogP contribution in [0, 0.1) is 13.8 Å². The van der Waals surface area contributed by atoms with Crippen molar-refractivity contribution >= 4 is 33.6 Å². The summed E-state index contributed by atoms with van der Waals surface area (Å²) in [7, 11) is 1.38. The first-order valence-corrected chi connectivity index (χ1v) is 8.44. The third-order valence-electron chi connectivity index (χ3n) is 3.75. The molecule has 0 unspecified atom stereocenters. The molecule has 1 N–H and O–H groups in total. The van der Waals surface area contributed by atoms with Crippen LogP contribution in [0.1, 0.15) is 16.0 Å². The van der Waals surface area contributed by atoms with Crippen molar-refractivity contribution in [2.24, 2.45) is 5.10 Å². The van der Waals surface area contributed by atoms with E-state index in [1.165, 1.54) is 30.6 Å². The summed E-state index contributed by atoms with van der Waals surface area (Å²) in [6.45, 7) is 1.13. The number of anilines is 1. The number of fused-ring (bicyclic) bond motifs is 1. The zero-order valence-corrected chi connectivity index (χ0v) is 15.1. The van der Waals surface area contributed by atoms with Crippen LogP contribution in [0.2, 0.25) is 0 Å². The second-order valence-electron chi connectivity index (χ2n) is 5.34. The fourth-order valence-corrected chi connectivity index (χ4v) is 3.39. The normalized spacial score (nSPS) is 11.5. The average molecular weight is 378 g/mol. The Balaban J connectivity index is 1.81. The first kappa shape index (κ1) is 18.0. The molecule has 3 aromatic rings. The van der Waals surface area contributed by atoms with Crippen LogP contribution in [-0.2, 0) is 0 Å². The highest BCUT2D eigenvalue weighted by Gasteiger charge is 2.12. The molecule has 0 amide bonds. The average Bonchev–Trinajstić information content (AvgIpc) is 2.91. The number of hydrazone groups is 1. The lowest BCUT2D eigenvalue weighted by atomic mass is 10.2. The molecule has 136 valence electrons. The Kier molecular flexibility index (Phi) is 5.27. The largest absolute Gasteiger partial charge is 0.493 e. The molecule has 2 aromatic heterocycles. The highest BCUT2D eigenvalue weighted by atomic mass is 32.1. The smallest absolute Gasteiger partial charge is 0.387 e. The number of benzene rings is 1. The second kappa shape index (κ2) is 7.61. The number of nitrogens with zero attached hydrogens (tertiary/aromatic N) is 3. The summed E-state index contributed by atoms with van der Waals surface area (Å²) in [4.78, 5) is 10.6. The van der Waals surface area contributed by atoms with E-state index in [1.54, 1.807) is 23.5 Å². The van der Waals surface area contributed by atoms with Crippen LogP contribution in [-0.4, -0.2) is 29.9 Å². The lowest BCUT2D eigenvalue weighted by Crippen LogP contribution is -2.04. The Bertz CT molecular complexity index is 959. The third kappa shape index (κ3) is 3.72. The van der Waals surface area contributed by atoms with Crippen molar-refractivity contribution in [3.05, 3.63) is 40.5 Å². The van der Waals surface area contributed by atoms with Gasteiger partial charge in [-0.3, -0.25) is 5.43 Å². The fourth-order valence-electron chi connectivity index (χ4n) is 2.39. The summed E-state index contributed by atoms with van der Waals surface area (Å²) in [5.41, 5.74) is 4.67. The van der Waals surface area contributed by atoms with Gasteiger partial charge in [0.25, 0.3) is 0 Å². The maximum Gasteiger partial charge on any atom is 0.387 e. The molecule has 6 nitrogen and oxygen atoms in total. The predicted octanol–water partition coefficient (Wildman–Crippen LogP) is 4.36. The molecule has 1 aromatic carbocycles. The number of methoxy groups -OCH3 is 1. The summed E-state index contributed by atoms with van der Waals surface area (Å²) < 4.78 is 34.2. The number of hydrogen-bond acceptors (Lipinski definition) is 7. The number of aryl methyl sites for hydroxylation is 2. The zero-order chi connectivity index (χ0) is 18.7. The molecule has 26 heavy (non-hydrogen) atoms. The number of nitrogens with one attached hydrogen (secondary N) is 1. The minimum Gasteiger partial charge on any atom is -0.493 e. The number of rotatable bonds is 6. The predicted molar refractivity (Wildman–Crippen MR) is 97.7 cm³/mol. The van der Waals surface area contributed by atoms with Gasteiger partial charge in [0.05, 0.1) is 18.7 Å². The molecule has 0 radical (unpaired) electrons. The van der Waals surface area contributed by atoms with E-state index in [1.807, 2.05) is 13.8 Å². The monoisotopic (exact) mass is 378 g/mol. The van der Waals surface area contributed by atoms with Gasteiger partial charge in [-0.15, -0.1) is 11.3 Å². The molecule has 0 aliphatic carbocycles. The summed E-state index contributed by atoms with van der Waals surface area (Å²) in [6.07, 6.45) is 3.02. The summed E-state index contributed by atoms with van der Waals surface area (Å²) in [6, 6.07) is 4.56. The van der Waals surface area contributed by atoms with Crippen molar-refractivity contribution in [2.45, 2.75) is 20.5 Å². The van der Waals surface area contributed by atoms with Gasteiger partial charge in [0.2, 0.25) is 0 Å². The SMILES string of the molecule is COc1cc(/C=N\Nc2ncnc3sc(C)c(C)c23)ccc1OC(F)F. The summed E-state index contributed by atoms with van der Waals surface area (Å²) in [5.74, 6) is 0.773. The van der Waals surface area contributed by atoms with Crippen molar-refractivity contribution < 1.29 is 18.3 Å².